The van der Waals surface area contributed by atoms with E-state index in [4.69, 9.17) is 20.7 Å². The number of fused-ring (bicyclic) bond motifs is 1. The summed E-state index contributed by atoms with van der Waals surface area (Å²) in [5, 5.41) is 37.4. The Hall–Kier alpha value is -3.38. The SMILES string of the molecule is CCCCCCCCC#Cc1ccc2ccc([C@@H](OC)[C@@H](N)CO)c(O)c2c1.O=C(O)/C=C\C(=O)O. The summed E-state index contributed by atoms with van der Waals surface area (Å²) in [6.07, 6.45) is 9.01. The number of carbonyl (C=O) groups is 2. The lowest BCUT2D eigenvalue weighted by Gasteiger charge is -2.22. The van der Waals surface area contributed by atoms with Crippen LogP contribution >= 0.6 is 0 Å². The first-order valence-electron chi connectivity index (χ1n) is 12.0. The normalized spacial score (nSPS) is 12.3. The van der Waals surface area contributed by atoms with Gasteiger partial charge >= 0.3 is 11.9 Å². The Kier molecular flexibility index (Phi) is 14.6. The molecule has 36 heavy (non-hydrogen) atoms. The Morgan fingerprint density at radius 1 is 1.03 bits per heavy atom. The second kappa shape index (κ2) is 17.1. The topological polar surface area (TPSA) is 150 Å². The minimum absolute atomic E-state index is 0.132. The summed E-state index contributed by atoms with van der Waals surface area (Å²) in [4.78, 5) is 19.1. The van der Waals surface area contributed by atoms with Gasteiger partial charge in [-0.25, -0.2) is 9.59 Å². The molecule has 196 valence electrons. The molecule has 2 rings (SSSR count). The summed E-state index contributed by atoms with van der Waals surface area (Å²) in [6, 6.07) is 8.96. The molecule has 0 heterocycles. The van der Waals surface area contributed by atoms with Crippen LogP contribution in [0.1, 0.15) is 69.1 Å². The average Bonchev–Trinajstić information content (AvgIpc) is 2.86. The lowest BCUT2D eigenvalue weighted by Crippen LogP contribution is -2.33. The van der Waals surface area contributed by atoms with E-state index < -0.39 is 24.1 Å². The largest absolute Gasteiger partial charge is 0.507 e. The number of unbranched alkanes of at least 4 members (excludes halogenated alkanes) is 6. The average molecular weight is 500 g/mol. The van der Waals surface area contributed by atoms with Gasteiger partial charge in [-0.05, 0) is 23.9 Å². The first kappa shape index (κ1) is 30.7. The van der Waals surface area contributed by atoms with Crippen LogP contribution in [0.15, 0.2) is 42.5 Å². The van der Waals surface area contributed by atoms with Crippen LogP contribution in [0.4, 0.5) is 0 Å². The van der Waals surface area contributed by atoms with Gasteiger partial charge in [0.1, 0.15) is 11.9 Å². The number of aromatic hydroxyl groups is 1. The number of rotatable bonds is 12. The van der Waals surface area contributed by atoms with Crippen molar-refractivity contribution in [2.75, 3.05) is 13.7 Å². The van der Waals surface area contributed by atoms with Gasteiger partial charge in [0.25, 0.3) is 0 Å². The number of aliphatic hydroxyl groups is 1. The second-order valence-corrected chi connectivity index (χ2v) is 8.27. The van der Waals surface area contributed by atoms with Crippen LogP contribution in [0.25, 0.3) is 10.8 Å². The highest BCUT2D eigenvalue weighted by atomic mass is 16.5. The summed E-state index contributed by atoms with van der Waals surface area (Å²) in [6.45, 7) is 2.01. The standard InChI is InChI=1S/C24H33NO3.C4H4O4/c1-3-4-5-6-7-8-9-10-11-18-12-13-19-14-15-20(23(27)21(19)16-18)24(28-2)22(25)17-26;5-3(6)1-2-4(7)8/h12-16,22,24,26-27H,3-9,17,25H2,1-2H3;1-2H,(H,5,6)(H,7,8)/b;2-1-/t22-,24+;/m0./s1. The van der Waals surface area contributed by atoms with E-state index in [9.17, 15) is 19.8 Å². The zero-order chi connectivity index (χ0) is 26.9. The van der Waals surface area contributed by atoms with Crippen LogP contribution in [0.5, 0.6) is 5.75 Å². The molecule has 6 N–H and O–H groups in total. The highest BCUT2D eigenvalue weighted by molar-refractivity contribution is 5.91. The molecular formula is C28H37NO7. The van der Waals surface area contributed by atoms with Crippen LogP contribution in [-0.4, -0.2) is 52.1 Å². The van der Waals surface area contributed by atoms with Gasteiger partial charge in [0.2, 0.25) is 0 Å². The van der Waals surface area contributed by atoms with E-state index in [0.717, 1.165) is 29.2 Å². The molecule has 0 unspecified atom stereocenters. The van der Waals surface area contributed by atoms with Crippen LogP contribution < -0.4 is 5.73 Å². The number of methoxy groups -OCH3 is 1. The van der Waals surface area contributed by atoms with Crippen molar-refractivity contribution in [3.05, 3.63) is 53.6 Å². The molecule has 0 bridgehead atoms. The highest BCUT2D eigenvalue weighted by Crippen LogP contribution is 2.35. The molecule has 0 aliphatic rings. The predicted molar refractivity (Wildman–Crippen MR) is 140 cm³/mol. The van der Waals surface area contributed by atoms with Gasteiger partial charge < -0.3 is 30.9 Å². The van der Waals surface area contributed by atoms with E-state index in [0.29, 0.717) is 17.7 Å². The van der Waals surface area contributed by atoms with Gasteiger partial charge in [-0.1, -0.05) is 69.1 Å². The van der Waals surface area contributed by atoms with Crippen molar-refractivity contribution in [2.45, 2.75) is 64.0 Å². The lowest BCUT2D eigenvalue weighted by molar-refractivity contribution is -0.134. The van der Waals surface area contributed by atoms with Gasteiger partial charge in [0, 0.05) is 42.2 Å². The molecule has 8 heteroatoms. The number of phenolic OH excluding ortho intramolecular Hbond substituents is 1. The maximum Gasteiger partial charge on any atom is 0.328 e. The summed E-state index contributed by atoms with van der Waals surface area (Å²) in [7, 11) is 1.52. The first-order valence-corrected chi connectivity index (χ1v) is 12.0. The minimum Gasteiger partial charge on any atom is -0.507 e. The summed E-state index contributed by atoms with van der Waals surface area (Å²) >= 11 is 0. The molecule has 0 radical (unpaired) electrons. The number of benzene rings is 2. The molecule has 0 spiro atoms. The molecule has 8 nitrogen and oxygen atoms in total. The van der Waals surface area contributed by atoms with Crippen molar-refractivity contribution in [3.8, 4) is 17.6 Å². The van der Waals surface area contributed by atoms with Crippen LogP contribution in [0.2, 0.25) is 0 Å². The van der Waals surface area contributed by atoms with Gasteiger partial charge in [-0.2, -0.15) is 0 Å². The third-order valence-corrected chi connectivity index (χ3v) is 5.44. The number of aliphatic carboxylic acids is 2. The molecule has 0 saturated heterocycles. The number of hydrogen-bond donors (Lipinski definition) is 5. The second-order valence-electron chi connectivity index (χ2n) is 8.27. The van der Waals surface area contributed by atoms with Crippen molar-refractivity contribution in [1.29, 1.82) is 0 Å². The van der Waals surface area contributed by atoms with Crippen molar-refractivity contribution in [2.24, 2.45) is 5.73 Å². The monoisotopic (exact) mass is 499 g/mol. The quantitative estimate of drug-likeness (QED) is 0.164. The predicted octanol–water partition coefficient (Wildman–Crippen LogP) is 4.37. The third-order valence-electron chi connectivity index (χ3n) is 5.44. The van der Waals surface area contributed by atoms with Crippen molar-refractivity contribution in [3.63, 3.8) is 0 Å². The van der Waals surface area contributed by atoms with Gasteiger partial charge in [0.15, 0.2) is 0 Å². The Labute approximate surface area is 212 Å². The number of carboxylic acids is 2. The van der Waals surface area contributed by atoms with Crippen LogP contribution in [0.3, 0.4) is 0 Å². The van der Waals surface area contributed by atoms with E-state index >= 15 is 0 Å². The first-order chi connectivity index (χ1) is 17.2. The number of aliphatic hydroxyl groups excluding tert-OH is 1. The molecule has 0 aliphatic carbocycles. The summed E-state index contributed by atoms with van der Waals surface area (Å²) in [5.74, 6) is 4.07. The van der Waals surface area contributed by atoms with Gasteiger partial charge in [-0.3, -0.25) is 0 Å². The molecule has 0 aliphatic heterocycles. The number of carboxylic acid groups (broad SMARTS) is 2. The molecule has 2 atom stereocenters. The van der Waals surface area contributed by atoms with Gasteiger partial charge in [0.05, 0.1) is 12.6 Å². The third kappa shape index (κ3) is 10.9. The maximum atomic E-state index is 10.8. The van der Waals surface area contributed by atoms with E-state index in [1.165, 1.54) is 39.2 Å². The zero-order valence-electron chi connectivity index (χ0n) is 20.9. The molecule has 0 fully saturated rings. The molecule has 2 aromatic rings. The fourth-order valence-corrected chi connectivity index (χ4v) is 3.56. The zero-order valence-corrected chi connectivity index (χ0v) is 20.9. The molecule has 2 aromatic carbocycles. The Morgan fingerprint density at radius 3 is 2.22 bits per heavy atom. The molecule has 0 aromatic heterocycles. The fraction of sp³-hybridized carbons (Fsp3) is 0.429. The molecule has 0 amide bonds. The van der Waals surface area contributed by atoms with Crippen molar-refractivity contribution < 1.29 is 34.8 Å². The number of ether oxygens (including phenoxy) is 1. The Morgan fingerprint density at radius 2 is 1.64 bits per heavy atom. The van der Waals surface area contributed by atoms with E-state index in [2.05, 4.69) is 18.8 Å². The summed E-state index contributed by atoms with van der Waals surface area (Å²) < 4.78 is 5.40. The maximum absolute atomic E-state index is 10.8. The number of nitrogens with two attached hydrogens (primary N) is 1. The Bertz CT molecular complexity index is 1050. The van der Waals surface area contributed by atoms with E-state index in [1.807, 2.05) is 24.3 Å². The Balaban J connectivity index is 0.000000697. The lowest BCUT2D eigenvalue weighted by atomic mass is 9.97. The number of phenols is 1. The van der Waals surface area contributed by atoms with Gasteiger partial charge in [-0.15, -0.1) is 0 Å². The van der Waals surface area contributed by atoms with E-state index in [-0.39, 0.29) is 12.4 Å². The van der Waals surface area contributed by atoms with Crippen LogP contribution in [-0.2, 0) is 14.3 Å². The van der Waals surface area contributed by atoms with Crippen molar-refractivity contribution >= 4 is 22.7 Å². The molecular weight excluding hydrogens is 462 g/mol. The molecule has 0 saturated carbocycles. The minimum atomic E-state index is -1.26. The smallest absolute Gasteiger partial charge is 0.328 e. The van der Waals surface area contributed by atoms with Crippen LogP contribution in [0, 0.1) is 11.8 Å². The summed E-state index contributed by atoms with van der Waals surface area (Å²) in [5.41, 5.74) is 7.39. The van der Waals surface area contributed by atoms with Crippen molar-refractivity contribution in [1.82, 2.24) is 0 Å². The highest BCUT2D eigenvalue weighted by Gasteiger charge is 2.23. The van der Waals surface area contributed by atoms with E-state index in [1.54, 1.807) is 6.07 Å². The number of hydrogen-bond acceptors (Lipinski definition) is 6. The fourth-order valence-electron chi connectivity index (χ4n) is 3.56.